The molecule has 0 radical (unpaired) electrons. The molecule has 108 valence electrons. The van der Waals surface area contributed by atoms with Gasteiger partial charge in [-0.2, -0.15) is 0 Å². The van der Waals surface area contributed by atoms with Crippen LogP contribution in [0.3, 0.4) is 0 Å². The highest BCUT2D eigenvalue weighted by Gasteiger charge is 2.25. The van der Waals surface area contributed by atoms with Crippen molar-refractivity contribution in [2.45, 2.75) is 25.9 Å². The Morgan fingerprint density at radius 2 is 2.26 bits per heavy atom. The van der Waals surface area contributed by atoms with Crippen LogP contribution in [0, 0.1) is 5.92 Å². The summed E-state index contributed by atoms with van der Waals surface area (Å²) in [6, 6.07) is 6.42. The SMILES string of the molecule is COc1ccc(Br)c(CN2CCC(C(C)N)C2)c1.Cl. The third-order valence-electron chi connectivity index (χ3n) is 3.70. The Morgan fingerprint density at radius 1 is 1.53 bits per heavy atom. The second kappa shape index (κ2) is 7.48. The molecule has 1 aromatic carbocycles. The molecule has 0 bridgehead atoms. The Balaban J connectivity index is 0.00000180. The van der Waals surface area contributed by atoms with E-state index < -0.39 is 0 Å². The number of likely N-dealkylation sites (tertiary alicyclic amines) is 1. The minimum absolute atomic E-state index is 0. The van der Waals surface area contributed by atoms with Crippen molar-refractivity contribution in [1.29, 1.82) is 0 Å². The van der Waals surface area contributed by atoms with Crippen LogP contribution >= 0.6 is 28.3 Å². The lowest BCUT2D eigenvalue weighted by Crippen LogP contribution is -2.29. The maximum atomic E-state index is 5.97. The van der Waals surface area contributed by atoms with E-state index in [1.807, 2.05) is 12.1 Å². The van der Waals surface area contributed by atoms with Crippen molar-refractivity contribution in [3.05, 3.63) is 28.2 Å². The molecule has 0 aliphatic carbocycles. The van der Waals surface area contributed by atoms with E-state index in [0.29, 0.717) is 12.0 Å². The lowest BCUT2D eigenvalue weighted by atomic mass is 10.0. The number of nitrogens with zero attached hydrogens (tertiary/aromatic N) is 1. The fourth-order valence-corrected chi connectivity index (χ4v) is 2.85. The highest BCUT2D eigenvalue weighted by Crippen LogP contribution is 2.26. The van der Waals surface area contributed by atoms with E-state index in [1.165, 1.54) is 12.0 Å². The monoisotopic (exact) mass is 348 g/mol. The van der Waals surface area contributed by atoms with Crippen LogP contribution in [-0.2, 0) is 6.54 Å². The van der Waals surface area contributed by atoms with E-state index in [4.69, 9.17) is 10.5 Å². The minimum atomic E-state index is 0. The van der Waals surface area contributed by atoms with E-state index in [0.717, 1.165) is 29.9 Å². The van der Waals surface area contributed by atoms with Gasteiger partial charge in [0.2, 0.25) is 0 Å². The van der Waals surface area contributed by atoms with Crippen molar-refractivity contribution in [2.75, 3.05) is 20.2 Å². The summed E-state index contributed by atoms with van der Waals surface area (Å²) in [6.45, 7) is 5.30. The molecule has 2 rings (SSSR count). The first kappa shape index (κ1) is 16.8. The summed E-state index contributed by atoms with van der Waals surface area (Å²) in [6.07, 6.45) is 1.21. The van der Waals surface area contributed by atoms with E-state index in [2.05, 4.69) is 33.8 Å². The van der Waals surface area contributed by atoms with E-state index in [-0.39, 0.29) is 12.4 Å². The fraction of sp³-hybridized carbons (Fsp3) is 0.571. The molecule has 1 aliphatic rings. The number of methoxy groups -OCH3 is 1. The summed E-state index contributed by atoms with van der Waals surface area (Å²) in [5, 5.41) is 0. The molecule has 5 heteroatoms. The number of halogens is 2. The average molecular weight is 350 g/mol. The predicted octanol–water partition coefficient (Wildman–Crippen LogP) is 3.05. The first-order valence-corrected chi connectivity index (χ1v) is 7.20. The van der Waals surface area contributed by atoms with Crippen molar-refractivity contribution in [2.24, 2.45) is 11.7 Å². The van der Waals surface area contributed by atoms with Crippen LogP contribution in [0.1, 0.15) is 18.9 Å². The second-order valence-electron chi connectivity index (χ2n) is 5.10. The molecule has 3 nitrogen and oxygen atoms in total. The van der Waals surface area contributed by atoms with E-state index in [1.54, 1.807) is 7.11 Å². The van der Waals surface area contributed by atoms with Gasteiger partial charge in [-0.25, -0.2) is 0 Å². The molecule has 2 atom stereocenters. The van der Waals surface area contributed by atoms with Gasteiger partial charge in [-0.3, -0.25) is 4.90 Å². The summed E-state index contributed by atoms with van der Waals surface area (Å²) in [7, 11) is 1.70. The Labute approximate surface area is 130 Å². The van der Waals surface area contributed by atoms with Gasteiger partial charge in [-0.1, -0.05) is 15.9 Å². The number of hydrogen-bond acceptors (Lipinski definition) is 3. The fourth-order valence-electron chi connectivity index (χ4n) is 2.48. The molecule has 1 aromatic rings. The van der Waals surface area contributed by atoms with Crippen LogP contribution in [0.15, 0.2) is 22.7 Å². The maximum Gasteiger partial charge on any atom is 0.119 e. The summed E-state index contributed by atoms with van der Waals surface area (Å²) in [5.41, 5.74) is 7.25. The zero-order valence-corrected chi connectivity index (χ0v) is 13.8. The first-order chi connectivity index (χ1) is 8.60. The number of nitrogens with two attached hydrogens (primary N) is 1. The summed E-state index contributed by atoms with van der Waals surface area (Å²) < 4.78 is 6.42. The third-order valence-corrected chi connectivity index (χ3v) is 4.47. The molecule has 1 heterocycles. The highest BCUT2D eigenvalue weighted by atomic mass is 79.9. The molecular weight excluding hydrogens is 328 g/mol. The zero-order chi connectivity index (χ0) is 13.1. The predicted molar refractivity (Wildman–Crippen MR) is 85.0 cm³/mol. The number of benzene rings is 1. The summed E-state index contributed by atoms with van der Waals surface area (Å²) in [4.78, 5) is 2.47. The Morgan fingerprint density at radius 3 is 2.84 bits per heavy atom. The van der Waals surface area contributed by atoms with Gasteiger partial charge in [0.25, 0.3) is 0 Å². The smallest absolute Gasteiger partial charge is 0.119 e. The molecule has 2 unspecified atom stereocenters. The topological polar surface area (TPSA) is 38.5 Å². The van der Waals surface area contributed by atoms with Gasteiger partial charge in [0.15, 0.2) is 0 Å². The Bertz CT molecular complexity index is 414. The van der Waals surface area contributed by atoms with Crippen molar-refractivity contribution < 1.29 is 4.74 Å². The molecule has 1 fully saturated rings. The molecule has 19 heavy (non-hydrogen) atoms. The van der Waals surface area contributed by atoms with Crippen molar-refractivity contribution in [1.82, 2.24) is 4.90 Å². The van der Waals surface area contributed by atoms with E-state index >= 15 is 0 Å². The van der Waals surface area contributed by atoms with Crippen LogP contribution in [0.5, 0.6) is 5.75 Å². The van der Waals surface area contributed by atoms with Crippen molar-refractivity contribution >= 4 is 28.3 Å². The minimum Gasteiger partial charge on any atom is -0.497 e. The molecule has 1 saturated heterocycles. The Hall–Kier alpha value is -0.290. The maximum absolute atomic E-state index is 5.97. The van der Waals surface area contributed by atoms with Gasteiger partial charge >= 0.3 is 0 Å². The standard InChI is InChI=1S/C14H21BrN2O.ClH/c1-10(16)11-5-6-17(8-11)9-12-7-13(18-2)3-4-14(12)15;/h3-4,7,10-11H,5-6,8-9,16H2,1-2H3;1H. The molecule has 0 saturated carbocycles. The number of rotatable bonds is 4. The van der Waals surface area contributed by atoms with Gasteiger partial charge < -0.3 is 10.5 Å². The van der Waals surface area contributed by atoms with Gasteiger partial charge in [0.1, 0.15) is 5.75 Å². The molecular formula is C14H22BrClN2O. The van der Waals surface area contributed by atoms with Crippen LogP contribution in [0.2, 0.25) is 0 Å². The largest absolute Gasteiger partial charge is 0.497 e. The van der Waals surface area contributed by atoms with Crippen molar-refractivity contribution in [3.63, 3.8) is 0 Å². The molecule has 0 spiro atoms. The van der Waals surface area contributed by atoms with Gasteiger partial charge in [0.05, 0.1) is 7.11 Å². The summed E-state index contributed by atoms with van der Waals surface area (Å²) in [5.74, 6) is 1.55. The van der Waals surface area contributed by atoms with Crippen molar-refractivity contribution in [3.8, 4) is 5.75 Å². The molecule has 2 N–H and O–H groups in total. The normalized spacial score (nSPS) is 20.9. The average Bonchev–Trinajstić information content (AvgIpc) is 2.81. The number of ether oxygens (including phenoxy) is 1. The van der Waals surface area contributed by atoms with Crippen LogP contribution in [0.25, 0.3) is 0 Å². The molecule has 1 aliphatic heterocycles. The van der Waals surface area contributed by atoms with Crippen LogP contribution in [0.4, 0.5) is 0 Å². The van der Waals surface area contributed by atoms with Gasteiger partial charge in [-0.15, -0.1) is 12.4 Å². The zero-order valence-electron chi connectivity index (χ0n) is 11.4. The Kier molecular flexibility index (Phi) is 6.60. The molecule has 0 amide bonds. The quantitative estimate of drug-likeness (QED) is 0.908. The lowest BCUT2D eigenvalue weighted by molar-refractivity contribution is 0.307. The summed E-state index contributed by atoms with van der Waals surface area (Å²) >= 11 is 3.60. The van der Waals surface area contributed by atoms with Crippen LogP contribution in [-0.4, -0.2) is 31.1 Å². The van der Waals surface area contributed by atoms with E-state index in [9.17, 15) is 0 Å². The second-order valence-corrected chi connectivity index (χ2v) is 5.95. The highest BCUT2D eigenvalue weighted by molar-refractivity contribution is 9.10. The lowest BCUT2D eigenvalue weighted by Gasteiger charge is -2.19. The van der Waals surface area contributed by atoms with Gasteiger partial charge in [-0.05, 0) is 49.6 Å². The first-order valence-electron chi connectivity index (χ1n) is 6.40. The third kappa shape index (κ3) is 4.35. The molecule has 0 aromatic heterocycles. The van der Waals surface area contributed by atoms with Gasteiger partial charge in [0, 0.05) is 23.6 Å². The number of hydrogen-bond donors (Lipinski definition) is 1. The van der Waals surface area contributed by atoms with Crippen LogP contribution < -0.4 is 10.5 Å².